The Morgan fingerprint density at radius 3 is 2.59 bits per heavy atom. The Balaban J connectivity index is 1.59. The molecule has 1 aromatic heterocycles. The summed E-state index contributed by atoms with van der Waals surface area (Å²) in [5.41, 5.74) is 0.119. The summed E-state index contributed by atoms with van der Waals surface area (Å²) in [5.74, 6) is -0.487. The highest BCUT2D eigenvalue weighted by molar-refractivity contribution is 7.89. The molecule has 7 nitrogen and oxygen atoms in total. The standard InChI is InChI=1S/C17H16ClFN4O3S/c18-14-9-13(5-6-15(14)19)27(24,25)23-11-1-3-12(4-2-11)26-17-16(10-20)21-7-8-22-17/h5-9,11-12,23H,1-4H2. The number of sulfonamides is 1. The first kappa shape index (κ1) is 19.5. The largest absolute Gasteiger partial charge is 0.472 e. The second-order valence-electron chi connectivity index (χ2n) is 6.11. The molecule has 1 N–H and O–H groups in total. The second kappa shape index (κ2) is 8.17. The molecule has 27 heavy (non-hydrogen) atoms. The third kappa shape index (κ3) is 4.71. The van der Waals surface area contributed by atoms with E-state index in [2.05, 4.69) is 14.7 Å². The van der Waals surface area contributed by atoms with Gasteiger partial charge in [-0.25, -0.2) is 27.5 Å². The molecule has 2 aromatic rings. The van der Waals surface area contributed by atoms with Gasteiger partial charge >= 0.3 is 0 Å². The van der Waals surface area contributed by atoms with Gasteiger partial charge in [-0.05, 0) is 43.9 Å². The summed E-state index contributed by atoms with van der Waals surface area (Å²) in [6, 6.07) is 4.94. The third-order valence-electron chi connectivity index (χ3n) is 4.25. The molecule has 3 rings (SSSR count). The SMILES string of the molecule is N#Cc1nccnc1OC1CCC(NS(=O)(=O)c2ccc(F)c(Cl)c2)CC1. The minimum absolute atomic E-state index is 0.0782. The van der Waals surface area contributed by atoms with Gasteiger partial charge in [0, 0.05) is 18.4 Å². The van der Waals surface area contributed by atoms with Crippen molar-refractivity contribution in [2.45, 2.75) is 42.7 Å². The van der Waals surface area contributed by atoms with Crippen LogP contribution in [0.15, 0.2) is 35.5 Å². The molecule has 0 spiro atoms. The van der Waals surface area contributed by atoms with Crippen molar-refractivity contribution in [1.29, 1.82) is 5.26 Å². The van der Waals surface area contributed by atoms with Crippen LogP contribution in [-0.2, 0) is 10.0 Å². The maximum atomic E-state index is 13.2. The molecule has 0 bridgehead atoms. The van der Waals surface area contributed by atoms with Gasteiger partial charge in [0.05, 0.1) is 9.92 Å². The lowest BCUT2D eigenvalue weighted by Crippen LogP contribution is -2.39. The van der Waals surface area contributed by atoms with E-state index in [1.165, 1.54) is 18.5 Å². The van der Waals surface area contributed by atoms with Gasteiger partial charge in [0.15, 0.2) is 0 Å². The number of hydrogen-bond acceptors (Lipinski definition) is 6. The fraction of sp³-hybridized carbons (Fsp3) is 0.353. The van der Waals surface area contributed by atoms with Crippen LogP contribution in [0.1, 0.15) is 31.4 Å². The van der Waals surface area contributed by atoms with Gasteiger partial charge in [0.25, 0.3) is 5.88 Å². The lowest BCUT2D eigenvalue weighted by Gasteiger charge is -2.29. The van der Waals surface area contributed by atoms with Crippen LogP contribution in [0.25, 0.3) is 0 Å². The molecule has 1 aromatic carbocycles. The first-order valence-corrected chi connectivity index (χ1v) is 10.1. The van der Waals surface area contributed by atoms with E-state index in [-0.39, 0.29) is 33.6 Å². The zero-order valence-corrected chi connectivity index (χ0v) is 15.7. The molecule has 1 aliphatic carbocycles. The number of rotatable bonds is 5. The van der Waals surface area contributed by atoms with Crippen LogP contribution in [0.2, 0.25) is 5.02 Å². The molecule has 0 unspecified atom stereocenters. The average Bonchev–Trinajstić information content (AvgIpc) is 2.65. The second-order valence-corrected chi connectivity index (χ2v) is 8.23. The molecular formula is C17H16ClFN4O3S. The van der Waals surface area contributed by atoms with Gasteiger partial charge in [-0.2, -0.15) is 5.26 Å². The first-order chi connectivity index (χ1) is 12.9. The Morgan fingerprint density at radius 1 is 1.22 bits per heavy atom. The molecule has 142 valence electrons. The fourth-order valence-corrected chi connectivity index (χ4v) is 4.45. The van der Waals surface area contributed by atoms with Crippen LogP contribution in [-0.4, -0.2) is 30.5 Å². The molecule has 1 saturated carbocycles. The van der Waals surface area contributed by atoms with Gasteiger partial charge in [0.2, 0.25) is 15.7 Å². The highest BCUT2D eigenvalue weighted by Crippen LogP contribution is 2.26. The summed E-state index contributed by atoms with van der Waals surface area (Å²) in [7, 11) is -3.79. The van der Waals surface area contributed by atoms with E-state index in [0.717, 1.165) is 12.1 Å². The maximum Gasteiger partial charge on any atom is 0.251 e. The number of nitrogens with one attached hydrogen (secondary N) is 1. The van der Waals surface area contributed by atoms with E-state index in [0.29, 0.717) is 25.7 Å². The minimum Gasteiger partial charge on any atom is -0.472 e. The molecule has 10 heteroatoms. The van der Waals surface area contributed by atoms with Crippen molar-refractivity contribution in [2.75, 3.05) is 0 Å². The van der Waals surface area contributed by atoms with Crippen molar-refractivity contribution in [2.24, 2.45) is 0 Å². The van der Waals surface area contributed by atoms with E-state index >= 15 is 0 Å². The molecule has 0 radical (unpaired) electrons. The van der Waals surface area contributed by atoms with Crippen LogP contribution in [0, 0.1) is 17.1 Å². The highest BCUT2D eigenvalue weighted by Gasteiger charge is 2.27. The average molecular weight is 411 g/mol. The number of halogens is 2. The van der Waals surface area contributed by atoms with Gasteiger partial charge in [-0.15, -0.1) is 0 Å². The third-order valence-corrected chi connectivity index (χ3v) is 6.05. The summed E-state index contributed by atoms with van der Waals surface area (Å²) in [4.78, 5) is 7.83. The summed E-state index contributed by atoms with van der Waals surface area (Å²) in [6.07, 6.45) is 5.00. The number of nitrogens with zero attached hydrogens (tertiary/aromatic N) is 3. The number of nitriles is 1. The topological polar surface area (TPSA) is 105 Å². The summed E-state index contributed by atoms with van der Waals surface area (Å²) in [6.45, 7) is 0. The number of ether oxygens (including phenoxy) is 1. The van der Waals surface area contributed by atoms with Gasteiger partial charge in [-0.1, -0.05) is 11.6 Å². The van der Waals surface area contributed by atoms with Crippen molar-refractivity contribution < 1.29 is 17.5 Å². The van der Waals surface area contributed by atoms with Gasteiger partial charge in [0.1, 0.15) is 18.0 Å². The van der Waals surface area contributed by atoms with Crippen molar-refractivity contribution >= 4 is 21.6 Å². The van der Waals surface area contributed by atoms with E-state index in [1.54, 1.807) is 0 Å². The van der Waals surface area contributed by atoms with Gasteiger partial charge < -0.3 is 4.74 Å². The monoisotopic (exact) mass is 410 g/mol. The summed E-state index contributed by atoms with van der Waals surface area (Å²) in [5, 5.41) is 8.78. The highest BCUT2D eigenvalue weighted by atomic mass is 35.5. The van der Waals surface area contributed by atoms with Crippen molar-refractivity contribution in [3.8, 4) is 11.9 Å². The lowest BCUT2D eigenvalue weighted by molar-refractivity contribution is 0.137. The van der Waals surface area contributed by atoms with E-state index in [1.807, 2.05) is 6.07 Å². The molecule has 1 aliphatic rings. The smallest absolute Gasteiger partial charge is 0.251 e. The molecule has 1 fully saturated rings. The zero-order chi connectivity index (χ0) is 19.4. The van der Waals surface area contributed by atoms with E-state index < -0.39 is 15.8 Å². The van der Waals surface area contributed by atoms with Crippen molar-refractivity contribution in [1.82, 2.24) is 14.7 Å². The van der Waals surface area contributed by atoms with E-state index in [9.17, 15) is 12.8 Å². The van der Waals surface area contributed by atoms with Crippen molar-refractivity contribution in [3.63, 3.8) is 0 Å². The maximum absolute atomic E-state index is 13.2. The molecule has 0 saturated heterocycles. The Bertz CT molecular complexity index is 972. The predicted octanol–water partition coefficient (Wildman–Crippen LogP) is 2.81. The first-order valence-electron chi connectivity index (χ1n) is 8.24. The van der Waals surface area contributed by atoms with Gasteiger partial charge in [-0.3, -0.25) is 0 Å². The van der Waals surface area contributed by atoms with Crippen LogP contribution in [0.5, 0.6) is 5.88 Å². The quantitative estimate of drug-likeness (QED) is 0.812. The number of aromatic nitrogens is 2. The zero-order valence-electron chi connectivity index (χ0n) is 14.1. The predicted molar refractivity (Wildman–Crippen MR) is 95.2 cm³/mol. The van der Waals surface area contributed by atoms with Crippen LogP contribution < -0.4 is 9.46 Å². The lowest BCUT2D eigenvalue weighted by atomic mass is 9.94. The normalized spacial score (nSPS) is 20.0. The van der Waals surface area contributed by atoms with Crippen LogP contribution >= 0.6 is 11.6 Å². The Labute approximate surface area is 161 Å². The molecular weight excluding hydrogens is 395 g/mol. The van der Waals surface area contributed by atoms with Crippen LogP contribution in [0.3, 0.4) is 0 Å². The van der Waals surface area contributed by atoms with Crippen molar-refractivity contribution in [3.05, 3.63) is 47.1 Å². The number of benzene rings is 1. The minimum atomic E-state index is -3.79. The Morgan fingerprint density at radius 2 is 1.93 bits per heavy atom. The summed E-state index contributed by atoms with van der Waals surface area (Å²) >= 11 is 5.67. The Kier molecular flexibility index (Phi) is 5.89. The van der Waals surface area contributed by atoms with Crippen LogP contribution in [0.4, 0.5) is 4.39 Å². The fourth-order valence-electron chi connectivity index (χ4n) is 2.88. The molecule has 0 aliphatic heterocycles. The Hall–Kier alpha value is -2.28. The van der Waals surface area contributed by atoms with E-state index in [4.69, 9.17) is 21.6 Å². The molecule has 0 atom stereocenters. The molecule has 0 amide bonds. The summed E-state index contributed by atoms with van der Waals surface area (Å²) < 4.78 is 46.5. The number of hydrogen-bond donors (Lipinski definition) is 1. The molecule has 1 heterocycles.